The molecule has 41 heavy (non-hydrogen) atoms. The minimum atomic E-state index is 0.0656. The maximum absolute atomic E-state index is 13.4. The lowest BCUT2D eigenvalue weighted by atomic mass is 9.71. The fourth-order valence-electron chi connectivity index (χ4n) is 8.06. The lowest BCUT2D eigenvalue weighted by molar-refractivity contribution is -0.129. The fraction of sp³-hybridized carbons (Fsp3) is 0.657. The number of likely N-dealkylation sites (tertiary alicyclic amines) is 2. The van der Waals surface area contributed by atoms with Gasteiger partial charge < -0.3 is 20.0 Å². The van der Waals surface area contributed by atoms with E-state index >= 15 is 0 Å². The monoisotopic (exact) mass is 560 g/mol. The number of unbranched alkanes of at least 4 members (excludes halogenated alkanes) is 2. The largest absolute Gasteiger partial charge is 0.356 e. The van der Waals surface area contributed by atoms with Gasteiger partial charge in [0.05, 0.1) is 5.92 Å². The first-order valence-corrected chi connectivity index (χ1v) is 16.1. The molecule has 2 amide bonds. The Morgan fingerprint density at radius 2 is 1.80 bits per heavy atom. The van der Waals surface area contributed by atoms with Crippen molar-refractivity contribution in [1.29, 1.82) is 0 Å². The Morgan fingerprint density at radius 3 is 2.56 bits per heavy atom. The van der Waals surface area contributed by atoms with Crippen molar-refractivity contribution in [2.75, 3.05) is 59.9 Å². The first-order chi connectivity index (χ1) is 19.8. The summed E-state index contributed by atoms with van der Waals surface area (Å²) in [6, 6.07) is 8.97. The van der Waals surface area contributed by atoms with Crippen molar-refractivity contribution in [1.82, 2.24) is 20.0 Å². The molecule has 6 atom stereocenters. The summed E-state index contributed by atoms with van der Waals surface area (Å²) in [4.78, 5) is 32.1. The number of benzene rings is 1. The molecule has 2 aliphatic heterocycles. The van der Waals surface area contributed by atoms with Gasteiger partial charge in [-0.1, -0.05) is 53.6 Å². The molecule has 4 aliphatic rings. The zero-order chi connectivity index (χ0) is 29.0. The summed E-state index contributed by atoms with van der Waals surface area (Å²) in [5.41, 5.74) is 4.28. The second kappa shape index (κ2) is 13.2. The number of rotatable bonds is 12. The predicted molar refractivity (Wildman–Crippen MR) is 167 cm³/mol. The minimum Gasteiger partial charge on any atom is -0.356 e. The summed E-state index contributed by atoms with van der Waals surface area (Å²) < 4.78 is 0. The number of allylic oxidation sites excluding steroid dienone is 4. The van der Waals surface area contributed by atoms with E-state index in [9.17, 15) is 9.59 Å². The molecule has 3 unspecified atom stereocenters. The second-order valence-electron chi connectivity index (χ2n) is 13.7. The summed E-state index contributed by atoms with van der Waals surface area (Å²) in [5, 5.41) is 3.29. The van der Waals surface area contributed by atoms with Crippen LogP contribution in [0.3, 0.4) is 0 Å². The first kappa shape index (κ1) is 30.0. The highest BCUT2D eigenvalue weighted by atomic mass is 16.2. The fourth-order valence-corrected chi connectivity index (χ4v) is 8.06. The van der Waals surface area contributed by atoms with E-state index in [1.165, 1.54) is 23.1 Å². The van der Waals surface area contributed by atoms with Crippen molar-refractivity contribution in [3.05, 3.63) is 59.2 Å². The van der Waals surface area contributed by atoms with Gasteiger partial charge in [-0.05, 0) is 114 Å². The van der Waals surface area contributed by atoms with E-state index in [1.54, 1.807) is 0 Å². The van der Waals surface area contributed by atoms with Crippen LogP contribution in [0.15, 0.2) is 48.1 Å². The molecule has 1 N–H and O–H groups in total. The summed E-state index contributed by atoms with van der Waals surface area (Å²) in [6.45, 7) is 10.7. The van der Waals surface area contributed by atoms with Gasteiger partial charge in [0.2, 0.25) is 12.3 Å². The van der Waals surface area contributed by atoms with E-state index < -0.39 is 0 Å². The van der Waals surface area contributed by atoms with Crippen LogP contribution in [0.2, 0.25) is 0 Å². The minimum absolute atomic E-state index is 0.0656. The van der Waals surface area contributed by atoms with Crippen molar-refractivity contribution in [3.8, 4) is 0 Å². The van der Waals surface area contributed by atoms with E-state index in [1.807, 2.05) is 4.90 Å². The number of nitrogens with zero attached hydrogens (tertiary/aromatic N) is 3. The zero-order valence-corrected chi connectivity index (χ0v) is 25.9. The molecule has 224 valence electrons. The molecular weight excluding hydrogens is 508 g/mol. The Balaban J connectivity index is 1.05. The number of fused-ring (bicyclic) bond motifs is 1. The summed E-state index contributed by atoms with van der Waals surface area (Å²) in [6.07, 6.45) is 14.6. The molecule has 1 saturated carbocycles. The van der Waals surface area contributed by atoms with Gasteiger partial charge in [0.1, 0.15) is 0 Å². The van der Waals surface area contributed by atoms with E-state index in [-0.39, 0.29) is 17.2 Å². The molecule has 6 nitrogen and oxygen atoms in total. The number of carbonyl (C=O) groups is 2. The molecule has 2 aliphatic carbocycles. The Morgan fingerprint density at radius 1 is 1.05 bits per heavy atom. The molecule has 0 radical (unpaired) electrons. The average Bonchev–Trinajstić information content (AvgIpc) is 3.69. The number of amides is 2. The van der Waals surface area contributed by atoms with Gasteiger partial charge in [-0.3, -0.25) is 9.59 Å². The highest BCUT2D eigenvalue weighted by molar-refractivity contribution is 5.79. The Kier molecular flexibility index (Phi) is 9.70. The van der Waals surface area contributed by atoms with Crippen molar-refractivity contribution in [3.63, 3.8) is 0 Å². The number of aryl methyl sites for hydroxylation is 1. The predicted octanol–water partition coefficient (Wildman–Crippen LogP) is 4.87. The number of hydrogen-bond acceptors (Lipinski definition) is 4. The van der Waals surface area contributed by atoms with Crippen LogP contribution < -0.4 is 5.32 Å². The van der Waals surface area contributed by atoms with Crippen molar-refractivity contribution in [2.45, 2.75) is 58.3 Å². The Hall–Kier alpha value is -2.44. The SMILES string of the molecule is CC1=CC2CC2(C2CCN(C)C[C@H]2C(=O)NCCCCCN(C=O)C[C@@H]2CN(C)CC[C@H]2c2ccc(C)cc2)C=C1. The molecule has 5 rings (SSSR count). The van der Waals surface area contributed by atoms with Crippen LogP contribution in [-0.2, 0) is 9.59 Å². The van der Waals surface area contributed by atoms with Crippen molar-refractivity contribution < 1.29 is 9.59 Å². The van der Waals surface area contributed by atoms with Crippen molar-refractivity contribution >= 4 is 12.3 Å². The van der Waals surface area contributed by atoms with Crippen molar-refractivity contribution in [2.24, 2.45) is 29.1 Å². The highest BCUT2D eigenvalue weighted by Crippen LogP contribution is 2.64. The maximum atomic E-state index is 13.4. The third kappa shape index (κ3) is 7.14. The van der Waals surface area contributed by atoms with E-state index in [0.717, 1.165) is 84.3 Å². The molecule has 0 aromatic heterocycles. The molecule has 2 saturated heterocycles. The molecular formula is C35H52N4O2. The molecule has 6 heteroatoms. The summed E-state index contributed by atoms with van der Waals surface area (Å²) in [7, 11) is 4.34. The standard InChI is InChI=1S/C35H52N4O2/c1-26-8-10-28(11-9-26)31-13-18-37(3)22-29(31)23-39(25-40)17-7-5-6-16-36-34(41)32-24-38(4)19-14-33(32)35-15-12-27(2)20-30(35)21-35/h8-12,15,20,25,29-33H,5-7,13-14,16-19,21-24H2,1-4H3,(H,36,41)/t29-,30?,31-,32+,33?,35?/m0/s1. The lowest BCUT2D eigenvalue weighted by Crippen LogP contribution is -2.49. The highest BCUT2D eigenvalue weighted by Gasteiger charge is 2.60. The average molecular weight is 561 g/mol. The third-order valence-corrected chi connectivity index (χ3v) is 10.5. The van der Waals surface area contributed by atoms with Crippen LogP contribution in [0.25, 0.3) is 0 Å². The molecule has 0 spiro atoms. The summed E-state index contributed by atoms with van der Waals surface area (Å²) in [5.74, 6) is 2.31. The quantitative estimate of drug-likeness (QED) is 0.293. The van der Waals surface area contributed by atoms with Crippen LogP contribution in [0.1, 0.15) is 62.5 Å². The third-order valence-electron chi connectivity index (χ3n) is 10.5. The molecule has 1 aromatic carbocycles. The zero-order valence-electron chi connectivity index (χ0n) is 25.9. The van der Waals surface area contributed by atoms with Gasteiger partial charge in [-0.25, -0.2) is 0 Å². The van der Waals surface area contributed by atoms with Gasteiger partial charge >= 0.3 is 0 Å². The molecule has 2 heterocycles. The number of piperidine rings is 2. The van der Waals surface area contributed by atoms with Crippen LogP contribution in [-0.4, -0.2) is 86.9 Å². The van der Waals surface area contributed by atoms with E-state index in [2.05, 4.69) is 85.6 Å². The van der Waals surface area contributed by atoms with Gasteiger partial charge in [0, 0.05) is 32.7 Å². The lowest BCUT2D eigenvalue weighted by Gasteiger charge is -2.40. The van der Waals surface area contributed by atoms with Crippen LogP contribution in [0.5, 0.6) is 0 Å². The maximum Gasteiger partial charge on any atom is 0.224 e. The normalized spacial score (nSPS) is 31.7. The second-order valence-corrected chi connectivity index (χ2v) is 13.7. The van der Waals surface area contributed by atoms with Crippen LogP contribution in [0.4, 0.5) is 0 Å². The van der Waals surface area contributed by atoms with Gasteiger partial charge in [-0.2, -0.15) is 0 Å². The topological polar surface area (TPSA) is 55.9 Å². The van der Waals surface area contributed by atoms with E-state index in [0.29, 0.717) is 23.7 Å². The Bertz CT molecular complexity index is 1110. The van der Waals surface area contributed by atoms with Crippen LogP contribution >= 0.6 is 0 Å². The molecule has 0 bridgehead atoms. The van der Waals surface area contributed by atoms with Gasteiger partial charge in [0.15, 0.2) is 0 Å². The molecule has 1 aromatic rings. The van der Waals surface area contributed by atoms with Gasteiger partial charge in [-0.15, -0.1) is 0 Å². The number of nitrogens with one attached hydrogen (secondary N) is 1. The smallest absolute Gasteiger partial charge is 0.224 e. The Labute approximate surface area is 248 Å². The van der Waals surface area contributed by atoms with E-state index in [4.69, 9.17) is 0 Å². The number of hydrogen-bond donors (Lipinski definition) is 1. The molecule has 3 fully saturated rings. The van der Waals surface area contributed by atoms with Gasteiger partial charge in [0.25, 0.3) is 0 Å². The summed E-state index contributed by atoms with van der Waals surface area (Å²) >= 11 is 0. The van der Waals surface area contributed by atoms with Crippen LogP contribution in [0, 0.1) is 36.0 Å². The first-order valence-electron chi connectivity index (χ1n) is 16.1. The number of carbonyl (C=O) groups excluding carboxylic acids is 2.